The molecule has 6 heteroatoms. The number of esters is 3. The van der Waals surface area contributed by atoms with Crippen LogP contribution >= 0.6 is 0 Å². The van der Waals surface area contributed by atoms with Gasteiger partial charge in [-0.3, -0.25) is 14.4 Å². The fourth-order valence-electron chi connectivity index (χ4n) is 6.04. The lowest BCUT2D eigenvalue weighted by molar-refractivity contribution is -0.167. The van der Waals surface area contributed by atoms with Crippen molar-refractivity contribution in [1.29, 1.82) is 0 Å². The summed E-state index contributed by atoms with van der Waals surface area (Å²) >= 11 is 0. The minimum atomic E-state index is -0.782. The molecule has 0 rings (SSSR count). The van der Waals surface area contributed by atoms with Crippen molar-refractivity contribution in [3.05, 3.63) is 48.6 Å². The van der Waals surface area contributed by atoms with Crippen LogP contribution in [0.1, 0.15) is 220 Å². The van der Waals surface area contributed by atoms with Gasteiger partial charge in [-0.05, 0) is 89.9 Å². The maximum atomic E-state index is 12.7. The Morgan fingerprint density at radius 1 is 0.370 bits per heavy atom. The summed E-state index contributed by atoms with van der Waals surface area (Å²) in [6.07, 6.45) is 49.5. The van der Waals surface area contributed by atoms with E-state index in [-0.39, 0.29) is 31.1 Å². The highest BCUT2D eigenvalue weighted by Crippen LogP contribution is 2.13. The van der Waals surface area contributed by atoms with Crippen LogP contribution < -0.4 is 0 Å². The van der Waals surface area contributed by atoms with Crippen LogP contribution in [0.15, 0.2) is 48.6 Å². The van der Waals surface area contributed by atoms with Crippen molar-refractivity contribution in [3.63, 3.8) is 0 Å². The van der Waals surface area contributed by atoms with Gasteiger partial charge in [0.2, 0.25) is 0 Å². The first-order valence-corrected chi connectivity index (χ1v) is 22.6. The van der Waals surface area contributed by atoms with Crippen LogP contribution in [0.4, 0.5) is 0 Å². The Hall–Kier alpha value is -2.63. The molecule has 0 aromatic carbocycles. The van der Waals surface area contributed by atoms with Crippen molar-refractivity contribution in [2.45, 2.75) is 226 Å². The van der Waals surface area contributed by atoms with Gasteiger partial charge in [-0.25, -0.2) is 0 Å². The number of ether oxygens (including phenoxy) is 3. The minimum Gasteiger partial charge on any atom is -0.462 e. The van der Waals surface area contributed by atoms with E-state index in [4.69, 9.17) is 14.2 Å². The Morgan fingerprint density at radius 3 is 1.17 bits per heavy atom. The van der Waals surface area contributed by atoms with Crippen LogP contribution in [0.3, 0.4) is 0 Å². The molecule has 0 aliphatic rings. The van der Waals surface area contributed by atoms with Crippen molar-refractivity contribution < 1.29 is 28.6 Å². The summed E-state index contributed by atoms with van der Waals surface area (Å²) < 4.78 is 16.7. The van der Waals surface area contributed by atoms with Crippen LogP contribution in [0.25, 0.3) is 0 Å². The maximum absolute atomic E-state index is 12.7. The second-order valence-electron chi connectivity index (χ2n) is 14.9. The molecule has 0 heterocycles. The highest BCUT2D eigenvalue weighted by Gasteiger charge is 2.19. The zero-order valence-electron chi connectivity index (χ0n) is 35.5. The van der Waals surface area contributed by atoms with Crippen molar-refractivity contribution in [2.24, 2.45) is 0 Å². The third kappa shape index (κ3) is 40.6. The summed E-state index contributed by atoms with van der Waals surface area (Å²) in [5, 5.41) is 0. The van der Waals surface area contributed by atoms with E-state index in [2.05, 4.69) is 69.4 Å². The molecule has 0 aromatic rings. The van der Waals surface area contributed by atoms with Crippen molar-refractivity contribution >= 4 is 17.9 Å². The van der Waals surface area contributed by atoms with Gasteiger partial charge in [-0.1, -0.05) is 159 Å². The molecule has 0 saturated carbocycles. The molecule has 312 valence electrons. The minimum absolute atomic E-state index is 0.0858. The Labute approximate surface area is 333 Å². The Kier molecular flexibility index (Phi) is 41.0. The molecular weight excluding hydrogens is 673 g/mol. The molecule has 0 N–H and O–H groups in total. The predicted octanol–water partition coefficient (Wildman–Crippen LogP) is 14.4. The average Bonchev–Trinajstić information content (AvgIpc) is 3.17. The first kappa shape index (κ1) is 51.4. The number of hydrogen-bond donors (Lipinski definition) is 0. The third-order valence-electron chi connectivity index (χ3n) is 9.51. The Balaban J connectivity index is 4.41. The molecule has 0 fully saturated rings. The van der Waals surface area contributed by atoms with Crippen LogP contribution in [0.2, 0.25) is 0 Å². The number of carbonyl (C=O) groups is 3. The van der Waals surface area contributed by atoms with Gasteiger partial charge in [0.05, 0.1) is 0 Å². The quantitative estimate of drug-likeness (QED) is 0.0268. The SMILES string of the molecule is CCC/C=C\CCCCCCCC(=O)OCC(COC(=O)CCCCCCC/C=C\C/C=C\CCCC)OC(=O)CCCCCCC/C=C\CCCCC. The van der Waals surface area contributed by atoms with E-state index in [1.54, 1.807) is 0 Å². The average molecular weight is 757 g/mol. The lowest BCUT2D eigenvalue weighted by Crippen LogP contribution is -2.30. The maximum Gasteiger partial charge on any atom is 0.306 e. The zero-order chi connectivity index (χ0) is 39.4. The summed E-state index contributed by atoms with van der Waals surface area (Å²) in [7, 11) is 0. The fraction of sp³-hybridized carbons (Fsp3) is 0.771. The van der Waals surface area contributed by atoms with Crippen LogP contribution in [-0.2, 0) is 28.6 Å². The first-order valence-electron chi connectivity index (χ1n) is 22.6. The monoisotopic (exact) mass is 757 g/mol. The molecule has 0 spiro atoms. The summed E-state index contributed by atoms with van der Waals surface area (Å²) in [5.74, 6) is -0.922. The molecule has 0 aliphatic heterocycles. The second-order valence-corrected chi connectivity index (χ2v) is 14.9. The number of unbranched alkanes of at least 4 members (excludes halogenated alkanes) is 21. The number of hydrogen-bond acceptors (Lipinski definition) is 6. The lowest BCUT2D eigenvalue weighted by Gasteiger charge is -2.18. The Morgan fingerprint density at radius 2 is 0.722 bits per heavy atom. The van der Waals surface area contributed by atoms with E-state index in [0.717, 1.165) is 103 Å². The molecule has 1 unspecified atom stereocenters. The molecular formula is C48H84O6. The molecule has 0 saturated heterocycles. The standard InChI is InChI=1S/C48H84O6/c1-4-7-10-13-16-19-22-24-25-27-29-32-35-38-41-47(50)53-44-45(43-52-46(49)40-37-34-31-28-21-18-15-12-9-6-3)54-48(51)42-39-36-33-30-26-23-20-17-14-11-8-5-2/h12-13,15-17,20,22,24,45H,4-11,14,18-19,21,23,25-44H2,1-3H3/b15-12-,16-13-,20-17-,24-22-. The molecule has 6 nitrogen and oxygen atoms in total. The van der Waals surface area contributed by atoms with E-state index in [9.17, 15) is 14.4 Å². The predicted molar refractivity (Wildman–Crippen MR) is 229 cm³/mol. The van der Waals surface area contributed by atoms with Gasteiger partial charge in [0.25, 0.3) is 0 Å². The number of allylic oxidation sites excluding steroid dienone is 8. The summed E-state index contributed by atoms with van der Waals surface area (Å²) in [4.78, 5) is 37.7. The summed E-state index contributed by atoms with van der Waals surface area (Å²) in [6, 6.07) is 0. The first-order chi connectivity index (χ1) is 26.5. The summed E-state index contributed by atoms with van der Waals surface area (Å²) in [6.45, 7) is 6.47. The van der Waals surface area contributed by atoms with E-state index in [0.29, 0.717) is 19.3 Å². The van der Waals surface area contributed by atoms with Crippen molar-refractivity contribution in [3.8, 4) is 0 Å². The van der Waals surface area contributed by atoms with Crippen LogP contribution in [0.5, 0.6) is 0 Å². The topological polar surface area (TPSA) is 78.9 Å². The zero-order valence-corrected chi connectivity index (χ0v) is 35.5. The summed E-state index contributed by atoms with van der Waals surface area (Å²) in [5.41, 5.74) is 0. The fourth-order valence-corrected chi connectivity index (χ4v) is 6.04. The van der Waals surface area contributed by atoms with Crippen molar-refractivity contribution in [1.82, 2.24) is 0 Å². The molecule has 0 bridgehead atoms. The van der Waals surface area contributed by atoms with Gasteiger partial charge < -0.3 is 14.2 Å². The molecule has 0 aliphatic carbocycles. The second kappa shape index (κ2) is 43.1. The highest BCUT2D eigenvalue weighted by atomic mass is 16.6. The smallest absolute Gasteiger partial charge is 0.306 e. The Bertz CT molecular complexity index is 964. The highest BCUT2D eigenvalue weighted by molar-refractivity contribution is 5.71. The van der Waals surface area contributed by atoms with Gasteiger partial charge in [0, 0.05) is 19.3 Å². The molecule has 0 radical (unpaired) electrons. The third-order valence-corrected chi connectivity index (χ3v) is 9.51. The van der Waals surface area contributed by atoms with Gasteiger partial charge in [0.15, 0.2) is 6.10 Å². The normalized spacial score (nSPS) is 12.4. The molecule has 54 heavy (non-hydrogen) atoms. The van der Waals surface area contributed by atoms with Gasteiger partial charge in [-0.2, -0.15) is 0 Å². The molecule has 1 atom stereocenters. The number of rotatable bonds is 40. The lowest BCUT2D eigenvalue weighted by atomic mass is 10.1. The van der Waals surface area contributed by atoms with E-state index >= 15 is 0 Å². The van der Waals surface area contributed by atoms with Gasteiger partial charge >= 0.3 is 17.9 Å². The molecule has 0 amide bonds. The van der Waals surface area contributed by atoms with Crippen molar-refractivity contribution in [2.75, 3.05) is 13.2 Å². The van der Waals surface area contributed by atoms with Crippen LogP contribution in [-0.4, -0.2) is 37.2 Å². The van der Waals surface area contributed by atoms with E-state index in [1.165, 1.54) is 77.0 Å². The van der Waals surface area contributed by atoms with Crippen LogP contribution in [0, 0.1) is 0 Å². The molecule has 0 aromatic heterocycles. The van der Waals surface area contributed by atoms with E-state index in [1.807, 2.05) is 0 Å². The van der Waals surface area contributed by atoms with E-state index < -0.39 is 6.10 Å². The number of carbonyl (C=O) groups excluding carboxylic acids is 3. The van der Waals surface area contributed by atoms with Gasteiger partial charge in [-0.15, -0.1) is 0 Å². The largest absolute Gasteiger partial charge is 0.462 e. The van der Waals surface area contributed by atoms with Gasteiger partial charge in [0.1, 0.15) is 13.2 Å².